The van der Waals surface area contributed by atoms with Crippen molar-refractivity contribution in [1.82, 2.24) is 5.32 Å². The molecule has 1 unspecified atom stereocenters. The number of hydrogen-bond acceptors (Lipinski definition) is 2. The molecule has 0 aromatic carbocycles. The Bertz CT molecular complexity index is 211. The number of nitrogens with one attached hydrogen (secondary N) is 1. The summed E-state index contributed by atoms with van der Waals surface area (Å²) >= 11 is 0. The Balaban J connectivity index is 2.42. The van der Waals surface area contributed by atoms with E-state index in [0.29, 0.717) is 13.2 Å². The lowest BCUT2D eigenvalue weighted by atomic mass is 10.1. The average molecular weight is 183 g/mol. The summed E-state index contributed by atoms with van der Waals surface area (Å²) in [7, 11) is 0. The molecule has 1 amide bonds. The van der Waals surface area contributed by atoms with Gasteiger partial charge in [0.05, 0.1) is 13.2 Å². The summed E-state index contributed by atoms with van der Waals surface area (Å²) in [6.45, 7) is 5.31. The first-order chi connectivity index (χ1) is 6.24. The van der Waals surface area contributed by atoms with Crippen LogP contribution in [-0.4, -0.2) is 25.2 Å². The average Bonchev–Trinajstić information content (AvgIpc) is 2.19. The van der Waals surface area contributed by atoms with Gasteiger partial charge in [0.15, 0.2) is 0 Å². The topological polar surface area (TPSA) is 38.3 Å². The van der Waals surface area contributed by atoms with Gasteiger partial charge in [-0.05, 0) is 13.3 Å². The van der Waals surface area contributed by atoms with E-state index in [1.165, 1.54) is 0 Å². The number of rotatable bonds is 3. The maximum absolute atomic E-state index is 11.5. The quantitative estimate of drug-likeness (QED) is 0.715. The first-order valence-electron chi connectivity index (χ1n) is 4.81. The van der Waals surface area contributed by atoms with Crippen LogP contribution in [0, 0.1) is 0 Å². The third kappa shape index (κ3) is 3.19. The lowest BCUT2D eigenvalue weighted by molar-refractivity contribution is -0.118. The molecular formula is C10H17NO2. The van der Waals surface area contributed by atoms with Crippen LogP contribution < -0.4 is 5.32 Å². The highest BCUT2D eigenvalue weighted by molar-refractivity contribution is 5.93. The van der Waals surface area contributed by atoms with E-state index in [1.807, 2.05) is 13.0 Å². The number of carbonyl (C=O) groups is 1. The first kappa shape index (κ1) is 10.3. The van der Waals surface area contributed by atoms with E-state index in [0.717, 1.165) is 18.4 Å². The van der Waals surface area contributed by atoms with Crippen molar-refractivity contribution in [2.45, 2.75) is 32.7 Å². The molecule has 3 heteroatoms. The van der Waals surface area contributed by atoms with Gasteiger partial charge in [0.2, 0.25) is 5.91 Å². The number of hydrogen-bond donors (Lipinski definition) is 1. The fraction of sp³-hybridized carbons (Fsp3) is 0.700. The Morgan fingerprint density at radius 2 is 2.54 bits per heavy atom. The highest BCUT2D eigenvalue weighted by atomic mass is 16.5. The Hall–Kier alpha value is -0.830. The fourth-order valence-corrected chi connectivity index (χ4v) is 1.15. The summed E-state index contributed by atoms with van der Waals surface area (Å²) in [6.07, 6.45) is 3.57. The van der Waals surface area contributed by atoms with Crippen molar-refractivity contribution in [3.05, 3.63) is 11.6 Å². The first-order valence-corrected chi connectivity index (χ1v) is 4.81. The summed E-state index contributed by atoms with van der Waals surface area (Å²) in [5.41, 5.74) is 0.867. The molecule has 0 spiro atoms. The zero-order chi connectivity index (χ0) is 9.68. The van der Waals surface area contributed by atoms with Crippen LogP contribution in [0.3, 0.4) is 0 Å². The number of ether oxygens (including phenoxy) is 1. The standard InChI is InChI=1S/C10H17NO2/c1-3-8(2)11-10(12)9-4-6-13-7-5-9/h4,8H,3,5-7H2,1-2H3,(H,11,12). The Labute approximate surface area is 79.2 Å². The zero-order valence-corrected chi connectivity index (χ0v) is 8.30. The Morgan fingerprint density at radius 1 is 1.77 bits per heavy atom. The summed E-state index contributed by atoms with van der Waals surface area (Å²) in [6, 6.07) is 0.260. The van der Waals surface area contributed by atoms with Gasteiger partial charge in [-0.25, -0.2) is 0 Å². The Morgan fingerprint density at radius 3 is 3.08 bits per heavy atom. The van der Waals surface area contributed by atoms with Gasteiger partial charge in [-0.1, -0.05) is 13.0 Å². The van der Waals surface area contributed by atoms with Crippen LogP contribution in [0.5, 0.6) is 0 Å². The van der Waals surface area contributed by atoms with Gasteiger partial charge in [-0.2, -0.15) is 0 Å². The van der Waals surface area contributed by atoms with Gasteiger partial charge in [-0.15, -0.1) is 0 Å². The van der Waals surface area contributed by atoms with Crippen LogP contribution in [0.1, 0.15) is 26.7 Å². The van der Waals surface area contributed by atoms with Crippen molar-refractivity contribution in [1.29, 1.82) is 0 Å². The van der Waals surface area contributed by atoms with Gasteiger partial charge in [0, 0.05) is 18.0 Å². The van der Waals surface area contributed by atoms with Crippen LogP contribution in [0.2, 0.25) is 0 Å². The minimum absolute atomic E-state index is 0.0673. The van der Waals surface area contributed by atoms with Gasteiger partial charge in [0.25, 0.3) is 0 Å². The molecule has 13 heavy (non-hydrogen) atoms. The van der Waals surface area contributed by atoms with Crippen molar-refractivity contribution in [2.75, 3.05) is 13.2 Å². The van der Waals surface area contributed by atoms with E-state index in [9.17, 15) is 4.79 Å². The van der Waals surface area contributed by atoms with Gasteiger partial charge < -0.3 is 10.1 Å². The van der Waals surface area contributed by atoms with Gasteiger partial charge in [0.1, 0.15) is 0 Å². The van der Waals surface area contributed by atoms with Crippen molar-refractivity contribution >= 4 is 5.91 Å². The molecule has 1 heterocycles. The fourth-order valence-electron chi connectivity index (χ4n) is 1.15. The molecule has 0 aromatic rings. The van der Waals surface area contributed by atoms with Gasteiger partial charge in [-0.3, -0.25) is 4.79 Å². The van der Waals surface area contributed by atoms with Crippen molar-refractivity contribution in [2.24, 2.45) is 0 Å². The van der Waals surface area contributed by atoms with Gasteiger partial charge >= 0.3 is 0 Å². The van der Waals surface area contributed by atoms with Crippen molar-refractivity contribution in [3.8, 4) is 0 Å². The summed E-state index contributed by atoms with van der Waals surface area (Å²) in [5.74, 6) is 0.0673. The molecule has 3 nitrogen and oxygen atoms in total. The highest BCUT2D eigenvalue weighted by Gasteiger charge is 2.13. The van der Waals surface area contributed by atoms with Crippen LogP contribution >= 0.6 is 0 Å². The second kappa shape index (κ2) is 5.02. The number of carbonyl (C=O) groups excluding carboxylic acids is 1. The van der Waals surface area contributed by atoms with Crippen molar-refractivity contribution < 1.29 is 9.53 Å². The molecule has 74 valence electrons. The van der Waals surface area contributed by atoms with Crippen LogP contribution in [0.4, 0.5) is 0 Å². The molecule has 1 aliphatic heterocycles. The molecule has 0 aliphatic carbocycles. The molecule has 1 rings (SSSR count). The molecule has 0 saturated heterocycles. The normalized spacial score (nSPS) is 19.1. The van der Waals surface area contributed by atoms with E-state index in [2.05, 4.69) is 12.2 Å². The minimum Gasteiger partial charge on any atom is -0.377 e. The SMILES string of the molecule is CCC(C)NC(=O)C1=CCOCC1. The molecule has 1 aliphatic rings. The maximum Gasteiger partial charge on any atom is 0.247 e. The van der Waals surface area contributed by atoms with E-state index in [4.69, 9.17) is 4.74 Å². The summed E-state index contributed by atoms with van der Waals surface area (Å²) in [4.78, 5) is 11.5. The van der Waals surface area contributed by atoms with E-state index < -0.39 is 0 Å². The predicted octanol–water partition coefficient (Wildman–Crippen LogP) is 1.25. The molecule has 0 fully saturated rings. The summed E-state index contributed by atoms with van der Waals surface area (Å²) < 4.78 is 5.12. The third-order valence-electron chi connectivity index (χ3n) is 2.24. The van der Waals surface area contributed by atoms with E-state index in [1.54, 1.807) is 0 Å². The second-order valence-corrected chi connectivity index (χ2v) is 3.34. The largest absolute Gasteiger partial charge is 0.377 e. The highest BCUT2D eigenvalue weighted by Crippen LogP contribution is 2.07. The third-order valence-corrected chi connectivity index (χ3v) is 2.24. The molecule has 0 saturated carbocycles. The van der Waals surface area contributed by atoms with Crippen LogP contribution in [-0.2, 0) is 9.53 Å². The molecule has 0 radical (unpaired) electrons. The smallest absolute Gasteiger partial charge is 0.247 e. The zero-order valence-electron chi connectivity index (χ0n) is 8.30. The van der Waals surface area contributed by atoms with Crippen LogP contribution in [0.25, 0.3) is 0 Å². The molecule has 1 N–H and O–H groups in total. The molecule has 1 atom stereocenters. The maximum atomic E-state index is 11.5. The van der Waals surface area contributed by atoms with Crippen LogP contribution in [0.15, 0.2) is 11.6 Å². The minimum atomic E-state index is 0.0673. The monoisotopic (exact) mass is 183 g/mol. The van der Waals surface area contributed by atoms with E-state index in [-0.39, 0.29) is 11.9 Å². The summed E-state index contributed by atoms with van der Waals surface area (Å²) in [5, 5.41) is 2.94. The molecule has 0 aromatic heterocycles. The lowest BCUT2D eigenvalue weighted by Gasteiger charge is -2.16. The Kier molecular flexibility index (Phi) is 3.96. The number of amides is 1. The lowest BCUT2D eigenvalue weighted by Crippen LogP contribution is -2.34. The molecular weight excluding hydrogens is 166 g/mol. The second-order valence-electron chi connectivity index (χ2n) is 3.34. The predicted molar refractivity (Wildman–Crippen MR) is 51.4 cm³/mol. The molecule has 0 bridgehead atoms. The van der Waals surface area contributed by atoms with Crippen molar-refractivity contribution in [3.63, 3.8) is 0 Å². The van der Waals surface area contributed by atoms with E-state index >= 15 is 0 Å².